The molecule has 0 radical (unpaired) electrons. The van der Waals surface area contributed by atoms with Crippen LogP contribution in [0.3, 0.4) is 0 Å². The van der Waals surface area contributed by atoms with Crippen molar-refractivity contribution < 1.29 is 13.2 Å². The minimum absolute atomic E-state index is 0.0117. The molecule has 4 nitrogen and oxygen atoms in total. The molecule has 1 N–H and O–H groups in total. The molecule has 102 valence electrons. The van der Waals surface area contributed by atoms with Gasteiger partial charge in [-0.15, -0.1) is 0 Å². The molecule has 0 saturated heterocycles. The molecule has 1 aromatic carbocycles. The molecule has 0 saturated carbocycles. The third-order valence-corrected chi connectivity index (χ3v) is 3.35. The Bertz CT molecular complexity index is 483. The van der Waals surface area contributed by atoms with E-state index in [-0.39, 0.29) is 5.75 Å². The molecule has 1 aromatic rings. The van der Waals surface area contributed by atoms with Crippen LogP contribution in [0.15, 0.2) is 18.2 Å². The Morgan fingerprint density at radius 2 is 2.06 bits per heavy atom. The number of rotatable bonds is 7. The van der Waals surface area contributed by atoms with Crippen LogP contribution in [0.4, 0.5) is 0 Å². The van der Waals surface area contributed by atoms with Gasteiger partial charge in [0.05, 0.1) is 12.9 Å². The quantitative estimate of drug-likeness (QED) is 0.768. The van der Waals surface area contributed by atoms with Gasteiger partial charge in [0.15, 0.2) is 9.84 Å². The normalized spacial score (nSPS) is 11.5. The van der Waals surface area contributed by atoms with Crippen molar-refractivity contribution in [3.05, 3.63) is 29.3 Å². The molecule has 0 heterocycles. The number of benzene rings is 1. The van der Waals surface area contributed by atoms with Crippen molar-refractivity contribution in [2.24, 2.45) is 0 Å². The molecule has 0 aliphatic rings. The Labute approximate surface area is 109 Å². The van der Waals surface area contributed by atoms with Gasteiger partial charge in [0.2, 0.25) is 0 Å². The van der Waals surface area contributed by atoms with Crippen molar-refractivity contribution in [3.63, 3.8) is 0 Å². The summed E-state index contributed by atoms with van der Waals surface area (Å²) in [7, 11) is -1.50. The molecule has 0 unspecified atom stereocenters. The summed E-state index contributed by atoms with van der Waals surface area (Å²) in [4.78, 5) is 0. The Morgan fingerprint density at radius 3 is 2.61 bits per heavy atom. The van der Waals surface area contributed by atoms with Crippen molar-refractivity contribution in [1.82, 2.24) is 5.32 Å². The smallest absolute Gasteiger partial charge is 0.151 e. The highest BCUT2D eigenvalue weighted by Crippen LogP contribution is 2.22. The van der Waals surface area contributed by atoms with E-state index in [1.54, 1.807) is 7.11 Å². The molecular weight excluding hydrogens is 250 g/mol. The van der Waals surface area contributed by atoms with E-state index in [0.29, 0.717) is 5.75 Å². The number of ether oxygens (including phenoxy) is 1. The Morgan fingerprint density at radius 1 is 1.33 bits per heavy atom. The first-order chi connectivity index (χ1) is 8.46. The second-order valence-corrected chi connectivity index (χ2v) is 6.53. The maximum atomic E-state index is 11.4. The molecule has 0 aliphatic heterocycles. The minimum atomic E-state index is -3.05. The summed E-state index contributed by atoms with van der Waals surface area (Å²) in [6, 6.07) is 5.67. The number of hydrogen-bond donors (Lipinski definition) is 1. The van der Waals surface area contributed by atoms with E-state index in [4.69, 9.17) is 4.74 Å². The largest absolute Gasteiger partial charge is 0.496 e. The molecule has 0 aromatic heterocycles. The molecular formula is C13H21NO3S. The highest BCUT2D eigenvalue weighted by Gasteiger charge is 2.10. The van der Waals surface area contributed by atoms with E-state index in [9.17, 15) is 8.42 Å². The zero-order valence-corrected chi connectivity index (χ0v) is 12.0. The van der Waals surface area contributed by atoms with Crippen LogP contribution in [-0.2, 0) is 22.1 Å². The lowest BCUT2D eigenvalue weighted by Crippen LogP contribution is -2.14. The number of nitrogens with one attached hydrogen (secondary N) is 1. The minimum Gasteiger partial charge on any atom is -0.496 e. The van der Waals surface area contributed by atoms with Crippen LogP contribution in [-0.4, -0.2) is 28.3 Å². The summed E-state index contributed by atoms with van der Waals surface area (Å²) >= 11 is 0. The van der Waals surface area contributed by atoms with Gasteiger partial charge < -0.3 is 10.1 Å². The maximum Gasteiger partial charge on any atom is 0.151 e. The molecule has 0 bridgehead atoms. The van der Waals surface area contributed by atoms with Gasteiger partial charge in [0.25, 0.3) is 0 Å². The van der Waals surface area contributed by atoms with Crippen LogP contribution >= 0.6 is 0 Å². The first-order valence-electron chi connectivity index (χ1n) is 6.00. The first-order valence-corrected chi connectivity index (χ1v) is 8.06. The Balaban J connectivity index is 2.87. The summed E-state index contributed by atoms with van der Waals surface area (Å²) in [6.45, 7) is 3.80. The summed E-state index contributed by atoms with van der Waals surface area (Å²) in [5.41, 5.74) is 1.79. The third kappa shape index (κ3) is 5.06. The molecule has 0 spiro atoms. The van der Waals surface area contributed by atoms with Gasteiger partial charge in [-0.1, -0.05) is 13.0 Å². The summed E-state index contributed by atoms with van der Waals surface area (Å²) in [5.74, 6) is 0.636. The molecule has 5 heteroatoms. The average Bonchev–Trinajstić information content (AvgIpc) is 2.27. The maximum absolute atomic E-state index is 11.4. The standard InChI is InChI=1S/C13H21NO3S/c1-4-7-14-9-11-5-6-13(17-2)12(8-11)10-18(3,15)16/h5-6,8,14H,4,7,9-10H2,1-3H3. The van der Waals surface area contributed by atoms with E-state index in [0.717, 1.165) is 30.6 Å². The summed E-state index contributed by atoms with van der Waals surface area (Å²) in [6.07, 6.45) is 2.31. The van der Waals surface area contributed by atoms with Crippen LogP contribution in [0.1, 0.15) is 24.5 Å². The lowest BCUT2D eigenvalue weighted by Gasteiger charge is -2.10. The molecule has 0 atom stereocenters. The zero-order valence-electron chi connectivity index (χ0n) is 11.2. The molecule has 18 heavy (non-hydrogen) atoms. The second kappa shape index (κ2) is 6.75. The van der Waals surface area contributed by atoms with Gasteiger partial charge >= 0.3 is 0 Å². The monoisotopic (exact) mass is 271 g/mol. The lowest BCUT2D eigenvalue weighted by atomic mass is 10.1. The molecule has 0 aliphatic carbocycles. The fraction of sp³-hybridized carbons (Fsp3) is 0.538. The SMILES string of the molecule is CCCNCc1ccc(OC)c(CS(C)(=O)=O)c1. The van der Waals surface area contributed by atoms with E-state index >= 15 is 0 Å². The second-order valence-electron chi connectivity index (χ2n) is 4.39. The van der Waals surface area contributed by atoms with Crippen molar-refractivity contribution in [2.75, 3.05) is 19.9 Å². The van der Waals surface area contributed by atoms with Crippen LogP contribution in [0.25, 0.3) is 0 Å². The van der Waals surface area contributed by atoms with Crippen LogP contribution in [0, 0.1) is 0 Å². The van der Waals surface area contributed by atoms with E-state index < -0.39 is 9.84 Å². The highest BCUT2D eigenvalue weighted by molar-refractivity contribution is 7.89. The fourth-order valence-corrected chi connectivity index (χ4v) is 2.54. The topological polar surface area (TPSA) is 55.4 Å². The summed E-state index contributed by atoms with van der Waals surface area (Å²) in [5, 5.41) is 3.29. The molecule has 1 rings (SSSR count). The van der Waals surface area contributed by atoms with Crippen molar-refractivity contribution >= 4 is 9.84 Å². The van der Waals surface area contributed by atoms with Gasteiger partial charge in [0, 0.05) is 18.4 Å². The Kier molecular flexibility index (Phi) is 5.62. The van der Waals surface area contributed by atoms with Crippen LogP contribution in [0.2, 0.25) is 0 Å². The third-order valence-electron chi connectivity index (χ3n) is 2.52. The van der Waals surface area contributed by atoms with Gasteiger partial charge in [0.1, 0.15) is 5.75 Å². The van der Waals surface area contributed by atoms with Gasteiger partial charge in [-0.05, 0) is 30.7 Å². The Hall–Kier alpha value is -1.07. The van der Waals surface area contributed by atoms with E-state index in [1.807, 2.05) is 18.2 Å². The summed E-state index contributed by atoms with van der Waals surface area (Å²) < 4.78 is 27.9. The lowest BCUT2D eigenvalue weighted by molar-refractivity contribution is 0.410. The number of hydrogen-bond acceptors (Lipinski definition) is 4. The molecule has 0 amide bonds. The molecule has 0 fully saturated rings. The van der Waals surface area contributed by atoms with Crippen molar-refractivity contribution in [2.45, 2.75) is 25.6 Å². The number of sulfone groups is 1. The fourth-order valence-electron chi connectivity index (χ4n) is 1.75. The highest BCUT2D eigenvalue weighted by atomic mass is 32.2. The van der Waals surface area contributed by atoms with Crippen LogP contribution < -0.4 is 10.1 Å². The van der Waals surface area contributed by atoms with Crippen molar-refractivity contribution in [3.8, 4) is 5.75 Å². The predicted octanol–water partition coefficient (Wildman–Crippen LogP) is 1.74. The zero-order chi connectivity index (χ0) is 13.6. The van der Waals surface area contributed by atoms with Crippen LogP contribution in [0.5, 0.6) is 5.75 Å². The van der Waals surface area contributed by atoms with E-state index in [1.165, 1.54) is 6.26 Å². The first kappa shape index (κ1) is 15.0. The predicted molar refractivity (Wildman–Crippen MR) is 73.5 cm³/mol. The number of methoxy groups -OCH3 is 1. The van der Waals surface area contributed by atoms with Gasteiger partial charge in [-0.25, -0.2) is 8.42 Å². The van der Waals surface area contributed by atoms with Crippen molar-refractivity contribution in [1.29, 1.82) is 0 Å². The van der Waals surface area contributed by atoms with Gasteiger partial charge in [-0.3, -0.25) is 0 Å². The van der Waals surface area contributed by atoms with Gasteiger partial charge in [-0.2, -0.15) is 0 Å². The van der Waals surface area contributed by atoms with E-state index in [2.05, 4.69) is 12.2 Å². The average molecular weight is 271 g/mol.